The minimum absolute atomic E-state index is 0.254. The summed E-state index contributed by atoms with van der Waals surface area (Å²) in [7, 11) is 0. The van der Waals surface area contributed by atoms with Crippen molar-refractivity contribution in [1.82, 2.24) is 9.88 Å². The summed E-state index contributed by atoms with van der Waals surface area (Å²) >= 11 is 0. The number of aryl methyl sites for hydroxylation is 1. The first-order valence-electron chi connectivity index (χ1n) is 10.1. The Labute approximate surface area is 177 Å². The predicted molar refractivity (Wildman–Crippen MR) is 115 cm³/mol. The van der Waals surface area contributed by atoms with Crippen LogP contribution in [-0.2, 0) is 6.42 Å². The highest BCUT2D eigenvalue weighted by molar-refractivity contribution is 5.81. The zero-order valence-corrected chi connectivity index (χ0v) is 16.7. The van der Waals surface area contributed by atoms with Gasteiger partial charge in [-0.3, -0.25) is 19.8 Å². The lowest BCUT2D eigenvalue weighted by Crippen LogP contribution is -2.30. The van der Waals surface area contributed by atoms with Crippen LogP contribution in [0.4, 0.5) is 14.5 Å². The van der Waals surface area contributed by atoms with Gasteiger partial charge >= 0.3 is 0 Å². The van der Waals surface area contributed by atoms with E-state index in [1.165, 1.54) is 24.3 Å². The third kappa shape index (κ3) is 4.69. The molecule has 1 aliphatic heterocycles. The smallest absolute Gasteiger partial charge is 0.272 e. The largest absolute Gasteiger partial charge is 0.326 e. The Bertz CT molecular complexity index is 1240. The average molecular weight is 425 g/mol. The fourth-order valence-corrected chi connectivity index (χ4v) is 3.95. The average Bonchev–Trinajstić information content (AvgIpc) is 2.75. The number of non-ortho nitro benzene ring substituents is 1. The molecular weight excluding hydrogens is 404 g/mol. The first-order chi connectivity index (χ1) is 14.9. The van der Waals surface area contributed by atoms with Gasteiger partial charge in [0.1, 0.15) is 11.6 Å². The van der Waals surface area contributed by atoms with Gasteiger partial charge in [0.05, 0.1) is 11.0 Å². The number of nitro benzene ring substituents is 1. The van der Waals surface area contributed by atoms with Crippen molar-refractivity contribution in [3.8, 4) is 0 Å². The fraction of sp³-hybridized carbons (Fsp3) is 0.261. The van der Waals surface area contributed by atoms with Crippen molar-refractivity contribution in [2.24, 2.45) is 0 Å². The Morgan fingerprint density at radius 3 is 2.68 bits per heavy atom. The number of H-pyrrole nitrogens is 1. The van der Waals surface area contributed by atoms with Crippen LogP contribution in [0.3, 0.4) is 0 Å². The standard InChI is InChI=1S/C23H21F2N3O3/c24-17-4-3-16-12-18(26-23(29)21(16)13-17)2-1-9-27-10-7-15(8-11-27)20-6-5-19(28(30)31)14-22(20)25/h3-7,12-14H,1-2,8-11H2,(H,26,29). The van der Waals surface area contributed by atoms with Gasteiger partial charge in [0.25, 0.3) is 11.2 Å². The normalized spacial score (nSPS) is 14.6. The molecule has 3 aromatic rings. The van der Waals surface area contributed by atoms with Crippen LogP contribution in [0.2, 0.25) is 0 Å². The molecule has 4 rings (SSSR count). The van der Waals surface area contributed by atoms with E-state index in [9.17, 15) is 23.7 Å². The van der Waals surface area contributed by atoms with Crippen LogP contribution in [0.15, 0.2) is 53.3 Å². The van der Waals surface area contributed by atoms with Gasteiger partial charge in [0.15, 0.2) is 0 Å². The third-order valence-electron chi connectivity index (χ3n) is 5.59. The van der Waals surface area contributed by atoms with E-state index in [2.05, 4.69) is 9.88 Å². The molecule has 0 saturated carbocycles. The Kier molecular flexibility index (Phi) is 5.90. The molecule has 2 aromatic carbocycles. The number of hydrogen-bond acceptors (Lipinski definition) is 4. The van der Waals surface area contributed by atoms with Crippen molar-refractivity contribution in [3.05, 3.63) is 91.9 Å². The zero-order chi connectivity index (χ0) is 22.0. The second-order valence-electron chi connectivity index (χ2n) is 7.66. The highest BCUT2D eigenvalue weighted by Gasteiger charge is 2.17. The van der Waals surface area contributed by atoms with Gasteiger partial charge in [0, 0.05) is 35.8 Å². The van der Waals surface area contributed by atoms with Crippen LogP contribution in [0.5, 0.6) is 0 Å². The van der Waals surface area contributed by atoms with Crippen molar-refractivity contribution in [1.29, 1.82) is 0 Å². The molecule has 0 amide bonds. The van der Waals surface area contributed by atoms with Crippen LogP contribution in [0.1, 0.15) is 24.1 Å². The van der Waals surface area contributed by atoms with Crippen molar-refractivity contribution in [2.45, 2.75) is 19.3 Å². The molecule has 0 radical (unpaired) electrons. The SMILES string of the molecule is O=c1[nH]c(CCCN2CC=C(c3ccc([N+](=O)[O-])cc3F)CC2)cc2ccc(F)cc12. The fourth-order valence-electron chi connectivity index (χ4n) is 3.95. The summed E-state index contributed by atoms with van der Waals surface area (Å²) in [5.74, 6) is -1.01. The van der Waals surface area contributed by atoms with Crippen LogP contribution < -0.4 is 5.56 Å². The first kappa shape index (κ1) is 20.9. The second-order valence-corrected chi connectivity index (χ2v) is 7.66. The van der Waals surface area contributed by atoms with E-state index in [0.29, 0.717) is 30.3 Å². The van der Waals surface area contributed by atoms with Crippen molar-refractivity contribution >= 4 is 22.0 Å². The van der Waals surface area contributed by atoms with Gasteiger partial charge in [-0.25, -0.2) is 8.78 Å². The minimum Gasteiger partial charge on any atom is -0.326 e. The molecule has 6 nitrogen and oxygen atoms in total. The molecule has 2 heterocycles. The number of nitrogens with one attached hydrogen (secondary N) is 1. The van der Waals surface area contributed by atoms with Gasteiger partial charge in [-0.2, -0.15) is 0 Å². The molecule has 160 valence electrons. The number of benzene rings is 2. The Morgan fingerprint density at radius 2 is 1.97 bits per heavy atom. The summed E-state index contributed by atoms with van der Waals surface area (Å²) in [6.07, 6.45) is 4.14. The van der Waals surface area contributed by atoms with Crippen molar-refractivity contribution in [3.63, 3.8) is 0 Å². The molecular formula is C23H21F2N3O3. The maximum Gasteiger partial charge on any atom is 0.272 e. The molecule has 1 N–H and O–H groups in total. The predicted octanol–water partition coefficient (Wildman–Crippen LogP) is 4.44. The van der Waals surface area contributed by atoms with E-state index in [-0.39, 0.29) is 11.2 Å². The Morgan fingerprint density at radius 1 is 1.13 bits per heavy atom. The maximum absolute atomic E-state index is 14.2. The van der Waals surface area contributed by atoms with Gasteiger partial charge in [-0.15, -0.1) is 0 Å². The minimum atomic E-state index is -0.606. The lowest BCUT2D eigenvalue weighted by Gasteiger charge is -2.26. The summed E-state index contributed by atoms with van der Waals surface area (Å²) in [6, 6.07) is 9.82. The van der Waals surface area contributed by atoms with E-state index in [0.717, 1.165) is 42.2 Å². The Balaban J connectivity index is 1.35. The molecule has 8 heteroatoms. The second kappa shape index (κ2) is 8.77. The van der Waals surface area contributed by atoms with Crippen LogP contribution in [0, 0.1) is 21.7 Å². The van der Waals surface area contributed by atoms with Gasteiger partial charge in [-0.1, -0.05) is 12.1 Å². The summed E-state index contributed by atoms with van der Waals surface area (Å²) < 4.78 is 27.6. The monoisotopic (exact) mass is 425 g/mol. The number of rotatable bonds is 6. The first-order valence-corrected chi connectivity index (χ1v) is 10.1. The van der Waals surface area contributed by atoms with Crippen molar-refractivity contribution < 1.29 is 13.7 Å². The summed E-state index contributed by atoms with van der Waals surface area (Å²) in [6.45, 7) is 2.24. The maximum atomic E-state index is 14.2. The molecule has 0 bridgehead atoms. The zero-order valence-electron chi connectivity index (χ0n) is 16.7. The molecule has 1 aromatic heterocycles. The van der Waals surface area contributed by atoms with E-state index < -0.39 is 16.6 Å². The number of pyridine rings is 1. The molecule has 0 aliphatic carbocycles. The lowest BCUT2D eigenvalue weighted by molar-refractivity contribution is -0.385. The number of aromatic nitrogens is 1. The molecule has 31 heavy (non-hydrogen) atoms. The highest BCUT2D eigenvalue weighted by Crippen LogP contribution is 2.27. The lowest BCUT2D eigenvalue weighted by atomic mass is 9.98. The highest BCUT2D eigenvalue weighted by atomic mass is 19.1. The van der Waals surface area contributed by atoms with E-state index in [1.807, 2.05) is 12.1 Å². The quantitative estimate of drug-likeness (QED) is 0.468. The molecule has 0 saturated heterocycles. The summed E-state index contributed by atoms with van der Waals surface area (Å²) in [5.41, 5.74) is 1.54. The van der Waals surface area contributed by atoms with E-state index in [4.69, 9.17) is 0 Å². The van der Waals surface area contributed by atoms with E-state index >= 15 is 0 Å². The van der Waals surface area contributed by atoms with Crippen molar-refractivity contribution in [2.75, 3.05) is 19.6 Å². The molecule has 0 unspecified atom stereocenters. The topological polar surface area (TPSA) is 79.2 Å². The van der Waals surface area contributed by atoms with Gasteiger partial charge in [0.2, 0.25) is 0 Å². The van der Waals surface area contributed by atoms with Crippen LogP contribution >= 0.6 is 0 Å². The molecule has 0 spiro atoms. The molecule has 0 atom stereocenters. The number of nitrogens with zero attached hydrogens (tertiary/aromatic N) is 2. The van der Waals surface area contributed by atoms with Crippen LogP contribution in [0.25, 0.3) is 16.3 Å². The third-order valence-corrected chi connectivity index (χ3v) is 5.59. The number of fused-ring (bicyclic) bond motifs is 1. The molecule has 0 fully saturated rings. The number of halogens is 2. The van der Waals surface area contributed by atoms with E-state index in [1.54, 1.807) is 6.07 Å². The van der Waals surface area contributed by atoms with Gasteiger partial charge < -0.3 is 4.98 Å². The van der Waals surface area contributed by atoms with Gasteiger partial charge in [-0.05, 0) is 61.0 Å². The number of hydrogen-bond donors (Lipinski definition) is 1. The molecule has 1 aliphatic rings. The Hall–Kier alpha value is -3.39. The number of aromatic amines is 1. The van der Waals surface area contributed by atoms with Crippen LogP contribution in [-0.4, -0.2) is 34.4 Å². The summed E-state index contributed by atoms with van der Waals surface area (Å²) in [5, 5.41) is 11.8. The number of nitro groups is 1. The summed E-state index contributed by atoms with van der Waals surface area (Å²) in [4.78, 5) is 27.4.